The number of amides is 1. The number of nitrogens with two attached hydrogens (primary N) is 2. The first-order valence-corrected chi connectivity index (χ1v) is 9.14. The second-order valence-corrected chi connectivity index (χ2v) is 7.18. The second kappa shape index (κ2) is 6.94. The van der Waals surface area contributed by atoms with Crippen LogP contribution < -0.4 is 16.4 Å². The molecule has 3 aromatic rings. The molecule has 1 saturated heterocycles. The monoisotopic (exact) mass is 375 g/mol. The van der Waals surface area contributed by atoms with Crippen LogP contribution in [0.25, 0.3) is 11.0 Å². The SMILES string of the molecule is N#Cc1ccc(Cn2c(N3CCC[C@](N)(C(N)=O)C3)nc3ccccc32)nc1. The summed E-state index contributed by atoms with van der Waals surface area (Å²) in [6.45, 7) is 1.56. The molecule has 8 heteroatoms. The number of piperidine rings is 1. The molecule has 0 saturated carbocycles. The number of benzene rings is 1. The van der Waals surface area contributed by atoms with Gasteiger partial charge in [-0.2, -0.15) is 5.26 Å². The van der Waals surface area contributed by atoms with Crippen molar-refractivity contribution in [3.8, 4) is 6.07 Å². The summed E-state index contributed by atoms with van der Waals surface area (Å²) in [5, 5.41) is 8.97. The molecule has 1 aliphatic heterocycles. The normalized spacial score (nSPS) is 19.5. The van der Waals surface area contributed by atoms with Gasteiger partial charge in [-0.15, -0.1) is 0 Å². The predicted octanol–water partition coefficient (Wildman–Crippen LogP) is 1.13. The largest absolute Gasteiger partial charge is 0.368 e. The Hall–Kier alpha value is -3.44. The Bertz CT molecular complexity index is 1070. The number of primary amides is 1. The van der Waals surface area contributed by atoms with Crippen LogP contribution in [0, 0.1) is 11.3 Å². The Morgan fingerprint density at radius 2 is 2.11 bits per heavy atom. The Labute approximate surface area is 162 Å². The molecule has 4 rings (SSSR count). The summed E-state index contributed by atoms with van der Waals surface area (Å²) < 4.78 is 2.07. The van der Waals surface area contributed by atoms with E-state index in [2.05, 4.69) is 15.6 Å². The molecule has 0 spiro atoms. The van der Waals surface area contributed by atoms with Crippen molar-refractivity contribution in [3.63, 3.8) is 0 Å². The van der Waals surface area contributed by atoms with Gasteiger partial charge in [-0.25, -0.2) is 4.98 Å². The van der Waals surface area contributed by atoms with Gasteiger partial charge < -0.3 is 20.9 Å². The number of rotatable bonds is 4. The van der Waals surface area contributed by atoms with E-state index in [0.29, 0.717) is 25.1 Å². The topological polar surface area (TPSA) is 127 Å². The van der Waals surface area contributed by atoms with E-state index in [-0.39, 0.29) is 0 Å². The summed E-state index contributed by atoms with van der Waals surface area (Å²) in [5.41, 5.74) is 13.9. The van der Waals surface area contributed by atoms with E-state index in [4.69, 9.17) is 21.7 Å². The lowest BCUT2D eigenvalue weighted by atomic mass is 9.89. The van der Waals surface area contributed by atoms with E-state index in [1.165, 1.54) is 0 Å². The van der Waals surface area contributed by atoms with Gasteiger partial charge in [0.05, 0.1) is 28.8 Å². The highest BCUT2D eigenvalue weighted by Crippen LogP contribution is 2.28. The zero-order chi connectivity index (χ0) is 19.7. The van der Waals surface area contributed by atoms with Crippen molar-refractivity contribution in [2.24, 2.45) is 11.5 Å². The first-order valence-electron chi connectivity index (χ1n) is 9.14. The molecule has 4 N–H and O–H groups in total. The van der Waals surface area contributed by atoms with Gasteiger partial charge in [-0.05, 0) is 37.1 Å². The number of imidazole rings is 1. The van der Waals surface area contributed by atoms with Gasteiger partial charge in [0.2, 0.25) is 11.9 Å². The lowest BCUT2D eigenvalue weighted by molar-refractivity contribution is -0.123. The molecule has 28 heavy (non-hydrogen) atoms. The molecule has 0 bridgehead atoms. The van der Waals surface area contributed by atoms with E-state index in [0.717, 1.165) is 35.6 Å². The van der Waals surface area contributed by atoms with E-state index in [1.807, 2.05) is 35.2 Å². The Morgan fingerprint density at radius 1 is 1.29 bits per heavy atom. The molecular weight excluding hydrogens is 354 g/mol. The molecule has 0 radical (unpaired) electrons. The van der Waals surface area contributed by atoms with E-state index in [9.17, 15) is 4.79 Å². The number of anilines is 1. The van der Waals surface area contributed by atoms with Gasteiger partial charge in [0.25, 0.3) is 0 Å². The van der Waals surface area contributed by atoms with Crippen LogP contribution in [0.3, 0.4) is 0 Å². The van der Waals surface area contributed by atoms with Gasteiger partial charge in [-0.3, -0.25) is 9.78 Å². The molecule has 8 nitrogen and oxygen atoms in total. The molecule has 1 aliphatic rings. The van der Waals surface area contributed by atoms with Gasteiger partial charge in [0.1, 0.15) is 11.6 Å². The number of carbonyl (C=O) groups excluding carboxylic acids is 1. The smallest absolute Gasteiger partial charge is 0.239 e. The Kier molecular flexibility index (Phi) is 4.45. The van der Waals surface area contributed by atoms with Crippen molar-refractivity contribution < 1.29 is 4.79 Å². The van der Waals surface area contributed by atoms with Gasteiger partial charge in [0.15, 0.2) is 0 Å². The highest BCUT2D eigenvalue weighted by molar-refractivity contribution is 5.86. The van der Waals surface area contributed by atoms with Crippen molar-refractivity contribution in [1.29, 1.82) is 5.26 Å². The number of carbonyl (C=O) groups is 1. The van der Waals surface area contributed by atoms with Crippen molar-refractivity contribution in [3.05, 3.63) is 53.9 Å². The number of hydrogen-bond acceptors (Lipinski definition) is 6. The van der Waals surface area contributed by atoms with Crippen LogP contribution in [0.5, 0.6) is 0 Å². The second-order valence-electron chi connectivity index (χ2n) is 7.18. The molecule has 0 aliphatic carbocycles. The van der Waals surface area contributed by atoms with Crippen LogP contribution in [0.1, 0.15) is 24.1 Å². The molecule has 2 aromatic heterocycles. The summed E-state index contributed by atoms with van der Waals surface area (Å²) >= 11 is 0. The third-order valence-corrected chi connectivity index (χ3v) is 5.21. The minimum Gasteiger partial charge on any atom is -0.368 e. The summed E-state index contributed by atoms with van der Waals surface area (Å²) in [5.74, 6) is 0.247. The zero-order valence-electron chi connectivity index (χ0n) is 15.4. The van der Waals surface area contributed by atoms with Crippen LogP contribution in [-0.2, 0) is 11.3 Å². The molecule has 1 amide bonds. The number of nitrogens with zero attached hydrogens (tertiary/aromatic N) is 5. The fourth-order valence-electron chi connectivity index (χ4n) is 3.66. The number of fused-ring (bicyclic) bond motifs is 1. The fraction of sp³-hybridized carbons (Fsp3) is 0.300. The third-order valence-electron chi connectivity index (χ3n) is 5.21. The van der Waals surface area contributed by atoms with Crippen LogP contribution in [0.4, 0.5) is 5.95 Å². The van der Waals surface area contributed by atoms with Crippen LogP contribution in [-0.4, -0.2) is 39.1 Å². The number of pyridine rings is 1. The summed E-state index contributed by atoms with van der Waals surface area (Å²) in [6, 6.07) is 13.5. The maximum absolute atomic E-state index is 11.9. The summed E-state index contributed by atoms with van der Waals surface area (Å²) in [4.78, 5) is 23.1. The van der Waals surface area contributed by atoms with Crippen LogP contribution in [0.2, 0.25) is 0 Å². The highest BCUT2D eigenvalue weighted by Gasteiger charge is 2.38. The van der Waals surface area contributed by atoms with Crippen molar-refractivity contribution in [2.75, 3.05) is 18.0 Å². The minimum absolute atomic E-state index is 0.326. The molecule has 0 unspecified atom stereocenters. The van der Waals surface area contributed by atoms with E-state index < -0.39 is 11.4 Å². The predicted molar refractivity (Wildman–Crippen MR) is 105 cm³/mol. The maximum Gasteiger partial charge on any atom is 0.239 e. The van der Waals surface area contributed by atoms with Crippen LogP contribution >= 0.6 is 0 Å². The van der Waals surface area contributed by atoms with Crippen LogP contribution in [0.15, 0.2) is 42.6 Å². The average molecular weight is 375 g/mol. The Morgan fingerprint density at radius 3 is 2.82 bits per heavy atom. The third kappa shape index (κ3) is 3.17. The number of hydrogen-bond donors (Lipinski definition) is 2. The molecule has 1 fully saturated rings. The molecule has 1 atom stereocenters. The Balaban J connectivity index is 1.75. The van der Waals surface area contributed by atoms with Crippen molar-refractivity contribution in [2.45, 2.75) is 24.9 Å². The van der Waals surface area contributed by atoms with Gasteiger partial charge in [-0.1, -0.05) is 12.1 Å². The lowest BCUT2D eigenvalue weighted by Crippen LogP contribution is -2.62. The number of nitriles is 1. The number of para-hydroxylation sites is 2. The van der Waals surface area contributed by atoms with Crippen molar-refractivity contribution >= 4 is 22.9 Å². The zero-order valence-corrected chi connectivity index (χ0v) is 15.4. The summed E-state index contributed by atoms with van der Waals surface area (Å²) in [7, 11) is 0. The molecule has 1 aromatic carbocycles. The fourth-order valence-corrected chi connectivity index (χ4v) is 3.66. The highest BCUT2D eigenvalue weighted by atomic mass is 16.1. The minimum atomic E-state index is -1.06. The molecular formula is C20H21N7O. The lowest BCUT2D eigenvalue weighted by Gasteiger charge is -2.38. The van der Waals surface area contributed by atoms with Crippen molar-refractivity contribution in [1.82, 2.24) is 14.5 Å². The molecule has 3 heterocycles. The first-order chi connectivity index (χ1) is 13.5. The van der Waals surface area contributed by atoms with Gasteiger partial charge >= 0.3 is 0 Å². The number of aromatic nitrogens is 3. The molecule has 142 valence electrons. The van der Waals surface area contributed by atoms with E-state index in [1.54, 1.807) is 12.3 Å². The standard InChI is InChI=1S/C20H21N7O/c21-10-14-6-7-15(24-11-14)12-27-17-5-2-1-4-16(17)25-19(27)26-9-3-8-20(23,13-26)18(22)28/h1-2,4-7,11H,3,8-9,12-13,23H2,(H2,22,28)/t20-/m1/s1. The average Bonchev–Trinajstić information content (AvgIpc) is 3.07. The summed E-state index contributed by atoms with van der Waals surface area (Å²) in [6.07, 6.45) is 2.89. The van der Waals surface area contributed by atoms with E-state index >= 15 is 0 Å². The first kappa shape index (κ1) is 17.9. The van der Waals surface area contributed by atoms with Gasteiger partial charge in [0, 0.05) is 19.3 Å². The quantitative estimate of drug-likeness (QED) is 0.704. The maximum atomic E-state index is 11.9.